The maximum Gasteiger partial charge on any atom is 0.341 e. The topological polar surface area (TPSA) is 50.4 Å². The van der Waals surface area contributed by atoms with E-state index in [1.165, 1.54) is 29.4 Å². The number of carbonyl (C=O) groups is 1. The smallest absolute Gasteiger partial charge is 0.341 e. The molecule has 27 heavy (non-hydrogen) atoms. The maximum atomic E-state index is 14.2. The SMILES string of the molecule is COC(=O)c1c(NC(=S)Nc2c(F)cc(Br)cc2Br)sc2c1CCCCC2. The Morgan fingerprint density at radius 3 is 2.67 bits per heavy atom. The summed E-state index contributed by atoms with van der Waals surface area (Å²) in [4.78, 5) is 13.6. The van der Waals surface area contributed by atoms with Crippen molar-refractivity contribution in [3.63, 3.8) is 0 Å². The molecule has 1 aromatic heterocycles. The number of thiocarbonyl (C=S) groups is 1. The first-order valence-electron chi connectivity index (χ1n) is 8.36. The standard InChI is InChI=1S/C18H17Br2FN2O2S2/c1-25-17(24)14-10-5-3-2-4-6-13(10)27-16(14)23-18(26)22-15-11(20)7-9(19)8-12(15)21/h7-8H,2-6H2,1H3,(H2,22,23,26). The number of hydrogen-bond acceptors (Lipinski definition) is 4. The highest BCUT2D eigenvalue weighted by atomic mass is 79.9. The van der Waals surface area contributed by atoms with E-state index in [0.717, 1.165) is 37.7 Å². The van der Waals surface area contributed by atoms with Gasteiger partial charge in [0.15, 0.2) is 5.11 Å². The van der Waals surface area contributed by atoms with Crippen molar-refractivity contribution in [1.29, 1.82) is 0 Å². The minimum Gasteiger partial charge on any atom is -0.465 e. The Kier molecular flexibility index (Phi) is 6.88. The first-order chi connectivity index (χ1) is 12.9. The fraction of sp³-hybridized carbons (Fsp3) is 0.333. The Hall–Kier alpha value is -1.03. The van der Waals surface area contributed by atoms with Crippen LogP contribution in [0.25, 0.3) is 0 Å². The number of methoxy groups -OCH3 is 1. The number of fused-ring (bicyclic) bond motifs is 1. The zero-order valence-corrected chi connectivity index (χ0v) is 19.3. The van der Waals surface area contributed by atoms with E-state index in [9.17, 15) is 9.18 Å². The van der Waals surface area contributed by atoms with E-state index < -0.39 is 5.82 Å². The van der Waals surface area contributed by atoms with E-state index in [2.05, 4.69) is 42.5 Å². The molecular formula is C18H17Br2FN2O2S2. The Morgan fingerprint density at radius 1 is 1.22 bits per heavy atom. The zero-order chi connectivity index (χ0) is 19.6. The summed E-state index contributed by atoms with van der Waals surface area (Å²) in [7, 11) is 1.37. The number of halogens is 3. The van der Waals surface area contributed by atoms with Crippen LogP contribution in [-0.2, 0) is 17.6 Å². The van der Waals surface area contributed by atoms with E-state index in [-0.39, 0.29) is 16.8 Å². The largest absolute Gasteiger partial charge is 0.465 e. The van der Waals surface area contributed by atoms with Crippen molar-refractivity contribution < 1.29 is 13.9 Å². The molecule has 1 aliphatic carbocycles. The van der Waals surface area contributed by atoms with Crippen molar-refractivity contribution in [1.82, 2.24) is 0 Å². The molecule has 1 heterocycles. The highest BCUT2D eigenvalue weighted by Crippen LogP contribution is 2.38. The van der Waals surface area contributed by atoms with Gasteiger partial charge in [0.2, 0.25) is 0 Å². The van der Waals surface area contributed by atoms with Crippen LogP contribution in [-0.4, -0.2) is 18.2 Å². The van der Waals surface area contributed by atoms with Gasteiger partial charge in [-0.05, 0) is 71.5 Å². The summed E-state index contributed by atoms with van der Waals surface area (Å²) in [6, 6.07) is 3.07. The summed E-state index contributed by atoms with van der Waals surface area (Å²) >= 11 is 13.4. The van der Waals surface area contributed by atoms with Gasteiger partial charge in [0.1, 0.15) is 10.8 Å². The fourth-order valence-electron chi connectivity index (χ4n) is 3.06. The lowest BCUT2D eigenvalue weighted by atomic mass is 10.1. The monoisotopic (exact) mass is 534 g/mol. The van der Waals surface area contributed by atoms with Gasteiger partial charge in [-0.3, -0.25) is 0 Å². The van der Waals surface area contributed by atoms with Gasteiger partial charge in [-0.2, -0.15) is 0 Å². The summed E-state index contributed by atoms with van der Waals surface area (Å²) < 4.78 is 20.4. The first kappa shape index (κ1) is 20.7. The third-order valence-corrected chi connectivity index (χ3v) is 6.78. The molecule has 9 heteroatoms. The minimum absolute atomic E-state index is 0.207. The van der Waals surface area contributed by atoms with Crippen LogP contribution < -0.4 is 10.6 Å². The highest BCUT2D eigenvalue weighted by Gasteiger charge is 2.26. The fourth-order valence-corrected chi connectivity index (χ4v) is 5.88. The molecule has 0 spiro atoms. The van der Waals surface area contributed by atoms with Gasteiger partial charge in [-0.15, -0.1) is 11.3 Å². The molecule has 144 valence electrons. The third-order valence-electron chi connectivity index (χ3n) is 4.28. The maximum absolute atomic E-state index is 14.2. The molecule has 1 aromatic carbocycles. The molecule has 0 unspecified atom stereocenters. The van der Waals surface area contributed by atoms with Crippen molar-refractivity contribution in [2.24, 2.45) is 0 Å². The highest BCUT2D eigenvalue weighted by molar-refractivity contribution is 9.11. The number of nitrogens with one attached hydrogen (secondary N) is 2. The van der Waals surface area contributed by atoms with Gasteiger partial charge >= 0.3 is 5.97 Å². The summed E-state index contributed by atoms with van der Waals surface area (Å²) in [6.45, 7) is 0. The molecule has 2 aromatic rings. The number of hydrogen-bond donors (Lipinski definition) is 2. The molecule has 2 N–H and O–H groups in total. The third kappa shape index (κ3) is 4.70. The lowest BCUT2D eigenvalue weighted by Crippen LogP contribution is -2.21. The summed E-state index contributed by atoms with van der Waals surface area (Å²) in [5.41, 5.74) is 1.82. The predicted octanol–water partition coefficient (Wildman–Crippen LogP) is 6.28. The average molecular weight is 536 g/mol. The summed E-state index contributed by atoms with van der Waals surface area (Å²) in [5.74, 6) is -0.828. The van der Waals surface area contributed by atoms with Gasteiger partial charge in [-0.25, -0.2) is 9.18 Å². The first-order valence-corrected chi connectivity index (χ1v) is 11.2. The molecule has 0 radical (unpaired) electrons. The lowest BCUT2D eigenvalue weighted by Gasteiger charge is -2.13. The van der Waals surface area contributed by atoms with E-state index >= 15 is 0 Å². The van der Waals surface area contributed by atoms with Gasteiger partial charge in [0.05, 0.1) is 18.4 Å². The van der Waals surface area contributed by atoms with Crippen LogP contribution in [0.15, 0.2) is 21.1 Å². The molecule has 0 fully saturated rings. The van der Waals surface area contributed by atoms with Crippen LogP contribution in [0.4, 0.5) is 15.1 Å². The number of ether oxygens (including phenoxy) is 1. The van der Waals surface area contributed by atoms with E-state index in [1.54, 1.807) is 6.07 Å². The van der Waals surface area contributed by atoms with E-state index in [0.29, 0.717) is 19.5 Å². The van der Waals surface area contributed by atoms with Gasteiger partial charge in [-0.1, -0.05) is 22.4 Å². The Balaban J connectivity index is 1.87. The van der Waals surface area contributed by atoms with Crippen LogP contribution in [0, 0.1) is 5.82 Å². The second-order valence-electron chi connectivity index (χ2n) is 6.08. The Bertz CT molecular complexity index is 879. The van der Waals surface area contributed by atoms with Crippen LogP contribution >= 0.6 is 55.4 Å². The Labute approximate surface area is 183 Å². The van der Waals surface area contributed by atoms with Crippen molar-refractivity contribution in [3.8, 4) is 0 Å². The molecule has 1 aliphatic rings. The van der Waals surface area contributed by atoms with Gasteiger partial charge < -0.3 is 15.4 Å². The molecule has 0 aliphatic heterocycles. The summed E-state index contributed by atoms with van der Waals surface area (Å²) in [5, 5.41) is 6.77. The number of aryl methyl sites for hydroxylation is 1. The summed E-state index contributed by atoms with van der Waals surface area (Å²) in [6.07, 6.45) is 5.10. The minimum atomic E-state index is -0.449. The number of anilines is 2. The van der Waals surface area contributed by atoms with Crippen molar-refractivity contribution in [2.45, 2.75) is 32.1 Å². The molecule has 0 bridgehead atoms. The van der Waals surface area contributed by atoms with E-state index in [1.807, 2.05) is 0 Å². The zero-order valence-electron chi connectivity index (χ0n) is 14.5. The number of carbonyl (C=O) groups excluding carboxylic acids is 1. The number of esters is 1. The molecule has 3 rings (SSSR count). The molecular weight excluding hydrogens is 519 g/mol. The molecule has 0 saturated carbocycles. The van der Waals surface area contributed by atoms with Crippen molar-refractivity contribution >= 4 is 77.2 Å². The number of thiophene rings is 1. The van der Waals surface area contributed by atoms with Gasteiger partial charge in [0, 0.05) is 13.8 Å². The average Bonchev–Trinajstić information content (AvgIpc) is 2.78. The van der Waals surface area contributed by atoms with Crippen LogP contribution in [0.1, 0.15) is 40.1 Å². The van der Waals surface area contributed by atoms with Gasteiger partial charge in [0.25, 0.3) is 0 Å². The molecule has 0 saturated heterocycles. The predicted molar refractivity (Wildman–Crippen MR) is 119 cm³/mol. The van der Waals surface area contributed by atoms with Crippen molar-refractivity contribution in [3.05, 3.63) is 42.9 Å². The van der Waals surface area contributed by atoms with Crippen LogP contribution in [0.5, 0.6) is 0 Å². The number of rotatable bonds is 3. The van der Waals surface area contributed by atoms with Crippen molar-refractivity contribution in [2.75, 3.05) is 17.7 Å². The second-order valence-corrected chi connectivity index (χ2v) is 9.37. The second kappa shape index (κ2) is 8.98. The molecule has 4 nitrogen and oxygen atoms in total. The molecule has 0 atom stereocenters. The normalized spacial score (nSPS) is 13.5. The number of benzene rings is 1. The Morgan fingerprint density at radius 2 is 1.96 bits per heavy atom. The van der Waals surface area contributed by atoms with Crippen LogP contribution in [0.2, 0.25) is 0 Å². The quantitative estimate of drug-likeness (QED) is 0.275. The lowest BCUT2D eigenvalue weighted by molar-refractivity contribution is 0.0601. The van der Waals surface area contributed by atoms with E-state index in [4.69, 9.17) is 17.0 Å². The molecule has 0 amide bonds. The van der Waals surface area contributed by atoms with Crippen LogP contribution in [0.3, 0.4) is 0 Å².